The molecule has 2 atom stereocenters. The molecule has 5 nitrogen and oxygen atoms in total. The van der Waals surface area contributed by atoms with Gasteiger partial charge in [0.25, 0.3) is 0 Å². The molecule has 2 aromatic rings. The molecule has 1 aromatic heterocycles. The number of nitrogens with one attached hydrogen (secondary N) is 1. The van der Waals surface area contributed by atoms with Crippen LogP contribution in [0.15, 0.2) is 43.0 Å². The number of benzene rings is 1. The van der Waals surface area contributed by atoms with Crippen LogP contribution in [0.4, 0.5) is 0 Å². The molecule has 1 N–H and O–H groups in total. The van der Waals surface area contributed by atoms with E-state index in [1.807, 2.05) is 17.7 Å². The van der Waals surface area contributed by atoms with Crippen molar-refractivity contribution in [2.24, 2.45) is 0 Å². The Bertz CT molecular complexity index is 590. The Balaban J connectivity index is 1.95. The highest BCUT2D eigenvalue weighted by atomic mass is 16.2. The van der Waals surface area contributed by atoms with E-state index in [2.05, 4.69) is 41.5 Å². The highest BCUT2D eigenvalue weighted by Gasteiger charge is 2.14. The van der Waals surface area contributed by atoms with E-state index < -0.39 is 0 Å². The number of hydrogen-bond acceptors (Lipinski definition) is 3. The molecule has 1 amide bonds. The minimum atomic E-state index is 0.137. The average Bonchev–Trinajstić information content (AvgIpc) is 3.01. The zero-order chi connectivity index (χ0) is 16.1. The van der Waals surface area contributed by atoms with Crippen molar-refractivity contribution in [3.8, 4) is 5.69 Å². The van der Waals surface area contributed by atoms with Gasteiger partial charge in [0.1, 0.15) is 0 Å². The maximum Gasteiger partial charge on any atom is 0.223 e. The Morgan fingerprint density at radius 3 is 2.50 bits per heavy atom. The molecule has 0 bridgehead atoms. The van der Waals surface area contributed by atoms with E-state index in [0.717, 1.165) is 5.69 Å². The Morgan fingerprint density at radius 1 is 1.27 bits per heavy atom. The second kappa shape index (κ2) is 7.22. The number of nitrogens with zero attached hydrogens (tertiary/aromatic N) is 3. The SMILES string of the molecule is C[C@H](N[C@@H](C)CC(=O)N(C)C)c1ccc(-n2ccnc2)cc1. The van der Waals surface area contributed by atoms with Crippen molar-refractivity contribution >= 4 is 5.91 Å². The zero-order valence-electron chi connectivity index (χ0n) is 13.7. The van der Waals surface area contributed by atoms with Crippen LogP contribution in [0.3, 0.4) is 0 Å². The van der Waals surface area contributed by atoms with E-state index in [1.54, 1.807) is 31.5 Å². The van der Waals surface area contributed by atoms with Gasteiger partial charge in [0.05, 0.1) is 6.33 Å². The molecular formula is C17H24N4O. The third kappa shape index (κ3) is 4.18. The van der Waals surface area contributed by atoms with Crippen LogP contribution in [-0.2, 0) is 4.79 Å². The number of rotatable bonds is 6. The Labute approximate surface area is 132 Å². The topological polar surface area (TPSA) is 50.2 Å². The second-order valence-corrected chi connectivity index (χ2v) is 5.84. The highest BCUT2D eigenvalue weighted by molar-refractivity contribution is 5.76. The quantitative estimate of drug-likeness (QED) is 0.891. The number of imidazole rings is 1. The molecule has 5 heteroatoms. The summed E-state index contributed by atoms with van der Waals surface area (Å²) in [6.45, 7) is 4.15. The zero-order valence-corrected chi connectivity index (χ0v) is 13.7. The lowest BCUT2D eigenvalue weighted by molar-refractivity contribution is -0.129. The highest BCUT2D eigenvalue weighted by Crippen LogP contribution is 2.16. The van der Waals surface area contributed by atoms with E-state index in [0.29, 0.717) is 6.42 Å². The second-order valence-electron chi connectivity index (χ2n) is 5.84. The number of hydrogen-bond donors (Lipinski definition) is 1. The molecule has 0 spiro atoms. The van der Waals surface area contributed by atoms with Crippen molar-refractivity contribution in [1.82, 2.24) is 19.8 Å². The van der Waals surface area contributed by atoms with Crippen LogP contribution in [0.2, 0.25) is 0 Å². The summed E-state index contributed by atoms with van der Waals surface area (Å²) in [6, 6.07) is 8.69. The molecule has 0 radical (unpaired) electrons. The Hall–Kier alpha value is -2.14. The predicted octanol–water partition coefficient (Wildman–Crippen LogP) is 2.39. The maximum atomic E-state index is 11.7. The summed E-state index contributed by atoms with van der Waals surface area (Å²) < 4.78 is 1.97. The van der Waals surface area contributed by atoms with E-state index in [9.17, 15) is 4.79 Å². The average molecular weight is 300 g/mol. The third-order valence-electron chi connectivity index (χ3n) is 3.71. The van der Waals surface area contributed by atoms with E-state index >= 15 is 0 Å². The summed E-state index contributed by atoms with van der Waals surface area (Å²) in [7, 11) is 3.57. The van der Waals surface area contributed by atoms with Crippen molar-refractivity contribution in [2.75, 3.05) is 14.1 Å². The van der Waals surface area contributed by atoms with Crippen LogP contribution < -0.4 is 5.32 Å². The van der Waals surface area contributed by atoms with E-state index in [4.69, 9.17) is 0 Å². The molecule has 0 saturated heterocycles. The molecule has 1 aromatic carbocycles. The molecule has 22 heavy (non-hydrogen) atoms. The molecule has 0 aliphatic carbocycles. The first kappa shape index (κ1) is 16.2. The van der Waals surface area contributed by atoms with E-state index in [1.165, 1.54) is 5.56 Å². The van der Waals surface area contributed by atoms with Crippen LogP contribution >= 0.6 is 0 Å². The smallest absolute Gasteiger partial charge is 0.223 e. The van der Waals surface area contributed by atoms with Crippen molar-refractivity contribution < 1.29 is 4.79 Å². The fraction of sp³-hybridized carbons (Fsp3) is 0.412. The lowest BCUT2D eigenvalue weighted by Gasteiger charge is -2.21. The van der Waals surface area contributed by atoms with Crippen LogP contribution in [0, 0.1) is 0 Å². The Morgan fingerprint density at radius 2 is 1.95 bits per heavy atom. The normalized spacial score (nSPS) is 13.6. The van der Waals surface area contributed by atoms with Gasteiger partial charge in [-0.2, -0.15) is 0 Å². The van der Waals surface area contributed by atoms with Crippen molar-refractivity contribution in [3.05, 3.63) is 48.5 Å². The molecule has 2 rings (SSSR count). The summed E-state index contributed by atoms with van der Waals surface area (Å²) in [5.41, 5.74) is 2.29. The summed E-state index contributed by atoms with van der Waals surface area (Å²) >= 11 is 0. The molecule has 0 saturated carbocycles. The van der Waals surface area contributed by atoms with Gasteiger partial charge in [-0.25, -0.2) is 4.98 Å². The standard InChI is InChI=1S/C17H24N4O/c1-13(11-17(22)20(3)4)19-14(2)15-5-7-16(8-6-15)21-10-9-18-12-21/h5-10,12-14,19H,11H2,1-4H3/t13-,14-/m0/s1. The minimum Gasteiger partial charge on any atom is -0.349 e. The van der Waals surface area contributed by atoms with Crippen molar-refractivity contribution in [3.63, 3.8) is 0 Å². The first-order valence-corrected chi connectivity index (χ1v) is 7.52. The molecular weight excluding hydrogens is 276 g/mol. The van der Waals surface area contributed by atoms with Gasteiger partial charge in [-0.05, 0) is 31.5 Å². The largest absolute Gasteiger partial charge is 0.349 e. The first-order valence-electron chi connectivity index (χ1n) is 7.52. The van der Waals surface area contributed by atoms with Crippen LogP contribution in [0.1, 0.15) is 31.9 Å². The van der Waals surface area contributed by atoms with Gasteiger partial charge in [0.2, 0.25) is 5.91 Å². The number of carbonyl (C=O) groups is 1. The summed E-state index contributed by atoms with van der Waals surface area (Å²) in [4.78, 5) is 17.4. The van der Waals surface area contributed by atoms with Crippen LogP contribution in [0.25, 0.3) is 5.69 Å². The first-order chi connectivity index (χ1) is 10.5. The van der Waals surface area contributed by atoms with Gasteiger partial charge < -0.3 is 14.8 Å². The summed E-state index contributed by atoms with van der Waals surface area (Å²) in [5.74, 6) is 0.141. The van der Waals surface area contributed by atoms with Crippen LogP contribution in [-0.4, -0.2) is 40.5 Å². The lowest BCUT2D eigenvalue weighted by Crippen LogP contribution is -2.34. The molecule has 118 valence electrons. The molecule has 1 heterocycles. The van der Waals surface area contributed by atoms with E-state index in [-0.39, 0.29) is 18.0 Å². The van der Waals surface area contributed by atoms with Gasteiger partial charge >= 0.3 is 0 Å². The maximum absolute atomic E-state index is 11.7. The molecule has 0 fully saturated rings. The number of carbonyl (C=O) groups excluding carboxylic acids is 1. The van der Waals surface area contributed by atoms with Crippen LogP contribution in [0.5, 0.6) is 0 Å². The number of amides is 1. The predicted molar refractivity (Wildman–Crippen MR) is 87.9 cm³/mol. The fourth-order valence-electron chi connectivity index (χ4n) is 2.37. The van der Waals surface area contributed by atoms with Gasteiger partial charge in [-0.3, -0.25) is 4.79 Å². The molecule has 0 unspecified atom stereocenters. The minimum absolute atomic E-state index is 0.137. The van der Waals surface area contributed by atoms with Crippen molar-refractivity contribution in [2.45, 2.75) is 32.4 Å². The van der Waals surface area contributed by atoms with Gasteiger partial charge in [0.15, 0.2) is 0 Å². The van der Waals surface area contributed by atoms with Crippen molar-refractivity contribution in [1.29, 1.82) is 0 Å². The Kier molecular flexibility index (Phi) is 5.33. The van der Waals surface area contributed by atoms with Gasteiger partial charge in [-0.1, -0.05) is 12.1 Å². The fourth-order valence-corrected chi connectivity index (χ4v) is 2.37. The lowest BCUT2D eigenvalue weighted by atomic mass is 10.1. The number of aromatic nitrogens is 2. The summed E-state index contributed by atoms with van der Waals surface area (Å²) in [6.07, 6.45) is 5.98. The third-order valence-corrected chi connectivity index (χ3v) is 3.71. The monoisotopic (exact) mass is 300 g/mol. The summed E-state index contributed by atoms with van der Waals surface area (Å²) in [5, 5.41) is 3.47. The van der Waals surface area contributed by atoms with Gasteiger partial charge in [-0.15, -0.1) is 0 Å². The van der Waals surface area contributed by atoms with Gasteiger partial charge in [0, 0.05) is 50.7 Å². The molecule has 0 aliphatic rings. The molecule has 0 aliphatic heterocycles.